The number of amides is 1. The maximum absolute atomic E-state index is 13.0. The van der Waals surface area contributed by atoms with Crippen LogP contribution in [-0.2, 0) is 17.6 Å². The van der Waals surface area contributed by atoms with Crippen LogP contribution in [0.25, 0.3) is 10.8 Å². The van der Waals surface area contributed by atoms with Crippen molar-refractivity contribution in [3.05, 3.63) is 113 Å². The molecule has 0 heterocycles. The Morgan fingerprint density at radius 2 is 1.50 bits per heavy atom. The van der Waals surface area contributed by atoms with Crippen LogP contribution < -0.4 is 5.32 Å². The number of carboxylic acids is 1. The van der Waals surface area contributed by atoms with Crippen molar-refractivity contribution in [1.29, 1.82) is 0 Å². The Morgan fingerprint density at radius 1 is 0.824 bits per heavy atom. The third-order valence-electron chi connectivity index (χ3n) is 5.99. The Kier molecular flexibility index (Phi) is 6.93. The van der Waals surface area contributed by atoms with E-state index in [9.17, 15) is 14.7 Å². The van der Waals surface area contributed by atoms with Crippen LogP contribution in [0.2, 0.25) is 0 Å². The smallest absolute Gasteiger partial charge is 0.303 e. The number of rotatable bonds is 8. The van der Waals surface area contributed by atoms with Gasteiger partial charge in [-0.25, -0.2) is 0 Å². The molecule has 0 saturated heterocycles. The first-order valence-electron chi connectivity index (χ1n) is 11.3. The minimum absolute atomic E-state index is 0.0593. The number of aromatic hydroxyl groups is 1. The Morgan fingerprint density at radius 3 is 2.24 bits per heavy atom. The van der Waals surface area contributed by atoms with Crippen molar-refractivity contribution in [3.8, 4) is 5.75 Å². The number of phenols is 1. The molecule has 4 aromatic rings. The number of hydrogen-bond acceptors (Lipinski definition) is 3. The van der Waals surface area contributed by atoms with E-state index in [1.165, 1.54) is 0 Å². The third kappa shape index (κ3) is 5.62. The lowest BCUT2D eigenvalue weighted by atomic mass is 9.99. The summed E-state index contributed by atoms with van der Waals surface area (Å²) in [5, 5.41) is 24.4. The van der Waals surface area contributed by atoms with Crippen LogP contribution in [0, 0.1) is 0 Å². The van der Waals surface area contributed by atoms with E-state index in [0.29, 0.717) is 12.8 Å². The molecule has 5 nitrogen and oxygen atoms in total. The second-order valence-corrected chi connectivity index (χ2v) is 8.54. The number of fused-ring (bicyclic) bond motifs is 1. The second-order valence-electron chi connectivity index (χ2n) is 8.54. The molecule has 4 rings (SSSR count). The number of aliphatic carboxylic acids is 1. The van der Waals surface area contributed by atoms with Gasteiger partial charge in [0.15, 0.2) is 0 Å². The van der Waals surface area contributed by atoms with Gasteiger partial charge in [0.25, 0.3) is 5.91 Å². The highest BCUT2D eigenvalue weighted by Crippen LogP contribution is 2.24. The molecule has 0 aliphatic heterocycles. The van der Waals surface area contributed by atoms with Crippen LogP contribution in [0.15, 0.2) is 84.9 Å². The van der Waals surface area contributed by atoms with Gasteiger partial charge in [-0.3, -0.25) is 9.59 Å². The second kappa shape index (κ2) is 10.2. The molecular formula is C29H27NO4. The van der Waals surface area contributed by atoms with Gasteiger partial charge in [-0.2, -0.15) is 0 Å². The van der Waals surface area contributed by atoms with E-state index in [0.717, 1.165) is 33.0 Å². The van der Waals surface area contributed by atoms with Gasteiger partial charge in [-0.1, -0.05) is 66.7 Å². The summed E-state index contributed by atoms with van der Waals surface area (Å²) in [6.45, 7) is 1.93. The molecule has 3 N–H and O–H groups in total. The van der Waals surface area contributed by atoms with Gasteiger partial charge in [0, 0.05) is 6.42 Å². The molecule has 0 saturated carbocycles. The molecule has 172 valence electrons. The van der Waals surface area contributed by atoms with Gasteiger partial charge < -0.3 is 15.5 Å². The Labute approximate surface area is 198 Å². The summed E-state index contributed by atoms with van der Waals surface area (Å²) in [6, 6.07) is 26.8. The molecule has 1 amide bonds. The lowest BCUT2D eigenvalue weighted by Gasteiger charge is -2.16. The SMILES string of the molecule is CC(NC(=O)c1cc(Cc2ccc(CCC(=O)O)cc2)ccc1O)c1ccc2ccccc2c1. The Balaban J connectivity index is 1.45. The molecule has 0 aliphatic rings. The lowest BCUT2D eigenvalue weighted by molar-refractivity contribution is -0.136. The number of carbonyl (C=O) groups is 2. The summed E-state index contributed by atoms with van der Waals surface area (Å²) in [4.78, 5) is 23.7. The third-order valence-corrected chi connectivity index (χ3v) is 5.99. The number of hydrogen-bond donors (Lipinski definition) is 3. The molecule has 1 unspecified atom stereocenters. The quantitative estimate of drug-likeness (QED) is 0.322. The van der Waals surface area contributed by atoms with Crippen LogP contribution in [-0.4, -0.2) is 22.1 Å². The standard InChI is InChI=1S/C29H27NO4/c1-19(24-13-12-23-4-2-3-5-25(23)18-24)30-29(34)26-17-22(10-14-27(26)31)16-21-8-6-20(7-9-21)11-15-28(32)33/h2-10,12-14,17-19,31H,11,15-16H2,1H3,(H,30,34)(H,32,33). The van der Waals surface area contributed by atoms with Crippen molar-refractivity contribution < 1.29 is 19.8 Å². The van der Waals surface area contributed by atoms with Crippen LogP contribution in [0.5, 0.6) is 5.75 Å². The van der Waals surface area contributed by atoms with E-state index in [2.05, 4.69) is 17.4 Å². The number of benzene rings is 4. The first-order chi connectivity index (χ1) is 16.4. The number of nitrogens with one attached hydrogen (secondary N) is 1. The van der Waals surface area contributed by atoms with E-state index in [4.69, 9.17) is 5.11 Å². The van der Waals surface area contributed by atoms with E-state index in [1.54, 1.807) is 18.2 Å². The van der Waals surface area contributed by atoms with Gasteiger partial charge in [0.05, 0.1) is 11.6 Å². The monoisotopic (exact) mass is 453 g/mol. The molecule has 5 heteroatoms. The molecule has 0 spiro atoms. The van der Waals surface area contributed by atoms with Gasteiger partial charge in [-0.15, -0.1) is 0 Å². The molecule has 0 bridgehead atoms. The normalized spacial score (nSPS) is 11.8. The zero-order valence-electron chi connectivity index (χ0n) is 19.0. The number of carbonyl (C=O) groups excluding carboxylic acids is 1. The highest BCUT2D eigenvalue weighted by atomic mass is 16.4. The van der Waals surface area contributed by atoms with Crippen molar-refractivity contribution in [2.75, 3.05) is 0 Å². The van der Waals surface area contributed by atoms with Crippen LogP contribution in [0.1, 0.15) is 52.0 Å². The summed E-state index contributed by atoms with van der Waals surface area (Å²) >= 11 is 0. The number of aryl methyl sites for hydroxylation is 1. The van der Waals surface area contributed by atoms with E-state index in [-0.39, 0.29) is 29.7 Å². The van der Waals surface area contributed by atoms with Gasteiger partial charge in [0.2, 0.25) is 0 Å². The predicted octanol–water partition coefficient (Wildman–Crippen LogP) is 5.64. The van der Waals surface area contributed by atoms with E-state index in [1.807, 2.05) is 61.5 Å². The first-order valence-corrected chi connectivity index (χ1v) is 11.3. The lowest BCUT2D eigenvalue weighted by Crippen LogP contribution is -2.26. The van der Waals surface area contributed by atoms with Gasteiger partial charge in [0.1, 0.15) is 5.75 Å². The highest BCUT2D eigenvalue weighted by Gasteiger charge is 2.16. The van der Waals surface area contributed by atoms with Crippen molar-refractivity contribution >= 4 is 22.6 Å². The van der Waals surface area contributed by atoms with Crippen molar-refractivity contribution in [2.45, 2.75) is 32.2 Å². The van der Waals surface area contributed by atoms with Gasteiger partial charge >= 0.3 is 5.97 Å². The molecule has 0 aromatic heterocycles. The van der Waals surface area contributed by atoms with Gasteiger partial charge in [-0.05, 0) is 71.0 Å². The van der Waals surface area contributed by atoms with Crippen LogP contribution in [0.3, 0.4) is 0 Å². The largest absolute Gasteiger partial charge is 0.507 e. The number of phenolic OH excluding ortho intramolecular Hbond substituents is 1. The molecule has 0 aliphatic carbocycles. The minimum Gasteiger partial charge on any atom is -0.507 e. The summed E-state index contributed by atoms with van der Waals surface area (Å²) in [5.74, 6) is -1.20. The molecular weight excluding hydrogens is 426 g/mol. The zero-order valence-corrected chi connectivity index (χ0v) is 19.0. The first kappa shape index (κ1) is 23.1. The zero-order chi connectivity index (χ0) is 24.1. The topological polar surface area (TPSA) is 86.6 Å². The van der Waals surface area contributed by atoms with Crippen LogP contribution in [0.4, 0.5) is 0 Å². The molecule has 0 radical (unpaired) electrons. The molecule has 4 aromatic carbocycles. The molecule has 1 atom stereocenters. The van der Waals surface area contributed by atoms with Crippen LogP contribution >= 0.6 is 0 Å². The maximum Gasteiger partial charge on any atom is 0.303 e. The minimum atomic E-state index is -0.811. The van der Waals surface area contributed by atoms with Crippen molar-refractivity contribution in [3.63, 3.8) is 0 Å². The van der Waals surface area contributed by atoms with Crippen molar-refractivity contribution in [2.24, 2.45) is 0 Å². The summed E-state index contributed by atoms with van der Waals surface area (Å²) < 4.78 is 0. The van der Waals surface area contributed by atoms with E-state index < -0.39 is 5.97 Å². The predicted molar refractivity (Wildman–Crippen MR) is 133 cm³/mol. The Bertz CT molecular complexity index is 1330. The molecule has 0 fully saturated rings. The van der Waals surface area contributed by atoms with E-state index >= 15 is 0 Å². The maximum atomic E-state index is 13.0. The fourth-order valence-electron chi connectivity index (χ4n) is 4.02. The summed E-state index contributed by atoms with van der Waals surface area (Å²) in [7, 11) is 0. The average molecular weight is 454 g/mol. The average Bonchev–Trinajstić information content (AvgIpc) is 2.84. The number of carboxylic acid groups (broad SMARTS) is 1. The summed E-state index contributed by atoms with van der Waals surface area (Å²) in [6.07, 6.45) is 1.20. The fraction of sp³-hybridized carbons (Fsp3) is 0.172. The summed E-state index contributed by atoms with van der Waals surface area (Å²) in [5.41, 5.74) is 4.15. The fourth-order valence-corrected chi connectivity index (χ4v) is 4.02. The Hall–Kier alpha value is -4.12. The highest BCUT2D eigenvalue weighted by molar-refractivity contribution is 5.97. The van der Waals surface area contributed by atoms with Crippen molar-refractivity contribution in [1.82, 2.24) is 5.32 Å². The molecule has 34 heavy (non-hydrogen) atoms.